The molecule has 86 valence electrons. The van der Waals surface area contributed by atoms with Crippen molar-refractivity contribution in [2.24, 2.45) is 0 Å². The molecule has 0 N–H and O–H groups in total. The Hall–Kier alpha value is -0.730. The average molecular weight is 257 g/mol. The summed E-state index contributed by atoms with van der Waals surface area (Å²) in [7, 11) is 0. The van der Waals surface area contributed by atoms with E-state index in [9.17, 15) is 0 Å². The van der Waals surface area contributed by atoms with Gasteiger partial charge in [-0.2, -0.15) is 0 Å². The Morgan fingerprint density at radius 2 is 2.06 bits per heavy atom. The summed E-state index contributed by atoms with van der Waals surface area (Å²) in [6, 6.07) is 1.74. The molecule has 0 radical (unpaired) electrons. The maximum atomic E-state index is 6.14. The molecule has 0 atom stereocenters. The van der Waals surface area contributed by atoms with Crippen LogP contribution in [-0.2, 0) is 12.8 Å². The van der Waals surface area contributed by atoms with Crippen molar-refractivity contribution in [2.75, 3.05) is 0 Å². The van der Waals surface area contributed by atoms with E-state index in [-0.39, 0.29) is 0 Å². The highest BCUT2D eigenvalue weighted by Gasteiger charge is 2.12. The predicted octanol–water partition coefficient (Wildman–Crippen LogP) is 4.16. The monoisotopic (exact) mass is 256 g/mol. The molecule has 16 heavy (non-hydrogen) atoms. The standard InChI is InChI=1S/C12H14Cl2N2/c1-3-5-10-11(4-2)16-7-8(13)6-9(14)12(16)15-10/h6-7H,3-5H2,1-2H3. The van der Waals surface area contributed by atoms with Crippen molar-refractivity contribution in [2.45, 2.75) is 33.1 Å². The van der Waals surface area contributed by atoms with Crippen LogP contribution in [0.3, 0.4) is 0 Å². The number of imidazole rings is 1. The summed E-state index contributed by atoms with van der Waals surface area (Å²) in [6.45, 7) is 4.27. The van der Waals surface area contributed by atoms with E-state index >= 15 is 0 Å². The van der Waals surface area contributed by atoms with Gasteiger partial charge in [0.2, 0.25) is 0 Å². The van der Waals surface area contributed by atoms with Gasteiger partial charge in [-0.15, -0.1) is 0 Å². The number of fused-ring (bicyclic) bond motifs is 1. The SMILES string of the molecule is CCCc1nc2c(Cl)cc(Cl)cn2c1CC. The van der Waals surface area contributed by atoms with Gasteiger partial charge in [-0.3, -0.25) is 0 Å². The minimum atomic E-state index is 0.615. The fourth-order valence-electron chi connectivity index (χ4n) is 1.98. The molecule has 0 amide bonds. The molecule has 2 aromatic rings. The van der Waals surface area contributed by atoms with Crippen molar-refractivity contribution < 1.29 is 0 Å². The second-order valence-corrected chi connectivity index (χ2v) is 4.65. The number of pyridine rings is 1. The molecule has 2 rings (SSSR count). The third kappa shape index (κ3) is 1.92. The Morgan fingerprint density at radius 3 is 2.69 bits per heavy atom. The molecule has 0 aliphatic heterocycles. The second-order valence-electron chi connectivity index (χ2n) is 3.81. The third-order valence-corrected chi connectivity index (χ3v) is 3.13. The Morgan fingerprint density at radius 1 is 1.31 bits per heavy atom. The van der Waals surface area contributed by atoms with Crippen LogP contribution in [0.5, 0.6) is 0 Å². The van der Waals surface area contributed by atoms with Gasteiger partial charge in [0.15, 0.2) is 5.65 Å². The highest BCUT2D eigenvalue weighted by Crippen LogP contribution is 2.25. The summed E-state index contributed by atoms with van der Waals surface area (Å²) in [5, 5.41) is 1.26. The van der Waals surface area contributed by atoms with Gasteiger partial charge in [0.1, 0.15) is 0 Å². The van der Waals surface area contributed by atoms with Gasteiger partial charge < -0.3 is 4.40 Å². The highest BCUT2D eigenvalue weighted by atomic mass is 35.5. The van der Waals surface area contributed by atoms with E-state index in [1.807, 2.05) is 10.6 Å². The van der Waals surface area contributed by atoms with E-state index in [4.69, 9.17) is 23.2 Å². The van der Waals surface area contributed by atoms with Crippen LogP contribution < -0.4 is 0 Å². The van der Waals surface area contributed by atoms with Crippen molar-refractivity contribution in [3.05, 3.63) is 33.7 Å². The number of hydrogen-bond acceptors (Lipinski definition) is 1. The number of hydrogen-bond donors (Lipinski definition) is 0. The topological polar surface area (TPSA) is 17.3 Å². The van der Waals surface area contributed by atoms with E-state index < -0.39 is 0 Å². The normalized spacial score (nSPS) is 11.2. The molecule has 0 fully saturated rings. The zero-order valence-electron chi connectivity index (χ0n) is 9.43. The molecule has 4 heteroatoms. The molecular formula is C12H14Cl2N2. The average Bonchev–Trinajstić information content (AvgIpc) is 2.56. The lowest BCUT2D eigenvalue weighted by Gasteiger charge is -2.02. The molecule has 0 saturated heterocycles. The van der Waals surface area contributed by atoms with Crippen molar-refractivity contribution >= 4 is 28.8 Å². The quantitative estimate of drug-likeness (QED) is 0.807. The largest absolute Gasteiger partial charge is 0.301 e. The number of aryl methyl sites for hydroxylation is 2. The molecule has 0 saturated carbocycles. The minimum absolute atomic E-state index is 0.615. The summed E-state index contributed by atoms with van der Waals surface area (Å²) in [6.07, 6.45) is 4.89. The molecule has 0 aliphatic carbocycles. The number of aromatic nitrogens is 2. The maximum Gasteiger partial charge on any atom is 0.156 e. The molecule has 0 spiro atoms. The lowest BCUT2D eigenvalue weighted by atomic mass is 10.2. The van der Waals surface area contributed by atoms with Crippen LogP contribution >= 0.6 is 23.2 Å². The first-order valence-corrected chi connectivity index (χ1v) is 6.27. The smallest absolute Gasteiger partial charge is 0.156 e. The van der Waals surface area contributed by atoms with Gasteiger partial charge in [0, 0.05) is 11.9 Å². The van der Waals surface area contributed by atoms with Gasteiger partial charge in [0.25, 0.3) is 0 Å². The number of nitrogens with zero attached hydrogens (tertiary/aromatic N) is 2. The lowest BCUT2D eigenvalue weighted by molar-refractivity contribution is 0.860. The first kappa shape index (κ1) is 11.7. The molecule has 0 aliphatic rings. The van der Waals surface area contributed by atoms with Gasteiger partial charge in [-0.05, 0) is 18.9 Å². The van der Waals surface area contributed by atoms with Crippen LogP contribution in [0.15, 0.2) is 12.3 Å². The first-order valence-electron chi connectivity index (χ1n) is 5.52. The van der Waals surface area contributed by atoms with Crippen LogP contribution in [0.25, 0.3) is 5.65 Å². The van der Waals surface area contributed by atoms with Crippen LogP contribution in [-0.4, -0.2) is 9.38 Å². The summed E-state index contributed by atoms with van der Waals surface area (Å²) in [5.41, 5.74) is 3.15. The van der Waals surface area contributed by atoms with Crippen LogP contribution in [0.2, 0.25) is 10.0 Å². The van der Waals surface area contributed by atoms with Gasteiger partial charge in [-0.25, -0.2) is 4.98 Å². The summed E-state index contributed by atoms with van der Waals surface area (Å²) in [4.78, 5) is 4.59. The zero-order valence-corrected chi connectivity index (χ0v) is 10.9. The Labute approximate surface area is 105 Å². The number of rotatable bonds is 3. The summed E-state index contributed by atoms with van der Waals surface area (Å²) >= 11 is 12.1. The molecular weight excluding hydrogens is 243 g/mol. The Bertz CT molecular complexity index is 517. The minimum Gasteiger partial charge on any atom is -0.301 e. The zero-order chi connectivity index (χ0) is 11.7. The lowest BCUT2D eigenvalue weighted by Crippen LogP contribution is -1.94. The van der Waals surface area contributed by atoms with Crippen LogP contribution in [0.1, 0.15) is 31.7 Å². The van der Waals surface area contributed by atoms with Crippen molar-refractivity contribution in [1.29, 1.82) is 0 Å². The highest BCUT2D eigenvalue weighted by molar-refractivity contribution is 6.36. The number of halogens is 2. The van der Waals surface area contributed by atoms with E-state index in [0.717, 1.165) is 30.6 Å². The van der Waals surface area contributed by atoms with E-state index in [1.165, 1.54) is 5.69 Å². The Balaban J connectivity index is 2.71. The maximum absolute atomic E-state index is 6.14. The second kappa shape index (κ2) is 4.64. The molecule has 0 bridgehead atoms. The van der Waals surface area contributed by atoms with Crippen LogP contribution in [0, 0.1) is 0 Å². The van der Waals surface area contributed by atoms with Gasteiger partial charge in [0.05, 0.1) is 15.7 Å². The van der Waals surface area contributed by atoms with Crippen molar-refractivity contribution in [3.63, 3.8) is 0 Å². The van der Waals surface area contributed by atoms with Crippen LogP contribution in [0.4, 0.5) is 0 Å². The van der Waals surface area contributed by atoms with Gasteiger partial charge >= 0.3 is 0 Å². The van der Waals surface area contributed by atoms with E-state index in [2.05, 4.69) is 18.8 Å². The molecule has 0 unspecified atom stereocenters. The van der Waals surface area contributed by atoms with E-state index in [0.29, 0.717) is 10.0 Å². The summed E-state index contributed by atoms with van der Waals surface area (Å²) in [5.74, 6) is 0. The molecule has 2 aromatic heterocycles. The predicted molar refractivity (Wildman–Crippen MR) is 68.6 cm³/mol. The Kier molecular flexibility index (Phi) is 3.41. The first-order chi connectivity index (χ1) is 7.67. The fraction of sp³-hybridized carbons (Fsp3) is 0.417. The fourth-order valence-corrected chi connectivity index (χ4v) is 2.49. The van der Waals surface area contributed by atoms with Gasteiger partial charge in [-0.1, -0.05) is 43.5 Å². The molecule has 2 nitrogen and oxygen atoms in total. The third-order valence-electron chi connectivity index (χ3n) is 2.65. The van der Waals surface area contributed by atoms with Crippen molar-refractivity contribution in [3.8, 4) is 0 Å². The molecule has 2 heterocycles. The summed E-state index contributed by atoms with van der Waals surface area (Å²) < 4.78 is 2.01. The van der Waals surface area contributed by atoms with E-state index in [1.54, 1.807) is 6.07 Å². The van der Waals surface area contributed by atoms with Crippen molar-refractivity contribution in [1.82, 2.24) is 9.38 Å². The molecule has 0 aromatic carbocycles.